The van der Waals surface area contributed by atoms with Crippen molar-refractivity contribution in [3.05, 3.63) is 23.5 Å². The summed E-state index contributed by atoms with van der Waals surface area (Å²) in [5.41, 5.74) is 0.207. The molecule has 2 aliphatic rings. The lowest BCUT2D eigenvalue weighted by Gasteiger charge is -2.34. The molecule has 0 spiro atoms. The Hall–Kier alpha value is -1.29. The molecule has 1 aliphatic carbocycles. The first-order chi connectivity index (χ1) is 6.61. The fraction of sp³-hybridized carbons (Fsp3) is 0.500. The molecule has 4 heteroatoms. The fourth-order valence-corrected chi connectivity index (χ4v) is 1.92. The molecule has 0 unspecified atom stereocenters. The zero-order valence-corrected chi connectivity index (χ0v) is 7.80. The quantitative estimate of drug-likeness (QED) is 0.559. The molecular formula is C10H12O4. The minimum atomic E-state index is -0.727. The molecule has 1 heterocycles. The lowest BCUT2D eigenvalue weighted by Crippen LogP contribution is -2.44. The third-order valence-electron chi connectivity index (χ3n) is 2.72. The summed E-state index contributed by atoms with van der Waals surface area (Å²) in [6.45, 7) is 1.65. The molecule has 1 fully saturated rings. The molecule has 2 rings (SSSR count). The van der Waals surface area contributed by atoms with Crippen LogP contribution in [0.5, 0.6) is 0 Å². The average Bonchev–Trinajstić information content (AvgIpc) is 2.14. The van der Waals surface area contributed by atoms with Crippen LogP contribution in [0.4, 0.5) is 0 Å². The average molecular weight is 196 g/mol. The monoisotopic (exact) mass is 196 g/mol. The predicted octanol–water partition coefficient (Wildman–Crippen LogP) is 0.681. The molecule has 4 nitrogen and oxygen atoms in total. The Morgan fingerprint density at radius 3 is 3.00 bits per heavy atom. The van der Waals surface area contributed by atoms with Gasteiger partial charge in [-0.25, -0.2) is 4.79 Å². The number of rotatable bonds is 0. The van der Waals surface area contributed by atoms with Gasteiger partial charge in [-0.2, -0.15) is 0 Å². The second-order valence-electron chi connectivity index (χ2n) is 3.64. The zero-order valence-electron chi connectivity index (χ0n) is 7.80. The van der Waals surface area contributed by atoms with Gasteiger partial charge >= 0.3 is 5.97 Å². The molecule has 0 bridgehead atoms. The van der Waals surface area contributed by atoms with E-state index in [0.717, 1.165) is 0 Å². The minimum Gasteiger partial charge on any atom is -0.507 e. The molecule has 1 aliphatic heterocycles. The summed E-state index contributed by atoms with van der Waals surface area (Å²) in [4.78, 5) is 11.4. The number of hydrogen-bond acceptors (Lipinski definition) is 4. The summed E-state index contributed by atoms with van der Waals surface area (Å²) >= 11 is 0. The molecule has 0 aromatic carbocycles. The first-order valence-corrected chi connectivity index (χ1v) is 4.60. The van der Waals surface area contributed by atoms with Crippen LogP contribution in [0.1, 0.15) is 13.3 Å². The van der Waals surface area contributed by atoms with E-state index in [2.05, 4.69) is 0 Å². The van der Waals surface area contributed by atoms with Crippen LogP contribution >= 0.6 is 0 Å². The van der Waals surface area contributed by atoms with Gasteiger partial charge in [0.1, 0.15) is 11.9 Å². The molecule has 1 saturated heterocycles. The summed E-state index contributed by atoms with van der Waals surface area (Å²) in [6, 6.07) is 0. The molecule has 2 N–H and O–H groups in total. The van der Waals surface area contributed by atoms with E-state index >= 15 is 0 Å². The van der Waals surface area contributed by atoms with Crippen molar-refractivity contribution >= 4 is 5.97 Å². The van der Waals surface area contributed by atoms with E-state index in [1.807, 2.05) is 0 Å². The van der Waals surface area contributed by atoms with Crippen molar-refractivity contribution in [3.8, 4) is 0 Å². The Morgan fingerprint density at radius 1 is 1.57 bits per heavy atom. The van der Waals surface area contributed by atoms with Crippen LogP contribution in [0.25, 0.3) is 0 Å². The highest BCUT2D eigenvalue weighted by molar-refractivity contribution is 5.91. The van der Waals surface area contributed by atoms with Crippen LogP contribution in [0.2, 0.25) is 0 Å². The van der Waals surface area contributed by atoms with Crippen LogP contribution in [0, 0.1) is 5.92 Å². The Kier molecular flexibility index (Phi) is 2.07. The number of hydrogen-bond donors (Lipinski definition) is 2. The SMILES string of the molecule is C[C@H]1OC(=O)C2=C(O)C=CC[C@H]2[C@@H]1O. The van der Waals surface area contributed by atoms with Crippen LogP contribution in [-0.4, -0.2) is 28.4 Å². The van der Waals surface area contributed by atoms with E-state index in [9.17, 15) is 15.0 Å². The number of aliphatic hydroxyl groups is 2. The number of carbonyl (C=O) groups is 1. The molecule has 14 heavy (non-hydrogen) atoms. The first-order valence-electron chi connectivity index (χ1n) is 4.60. The smallest absolute Gasteiger partial charge is 0.338 e. The first kappa shape index (κ1) is 9.27. The number of ether oxygens (including phenoxy) is 1. The molecule has 0 radical (unpaired) electrons. The molecule has 0 aromatic rings. The van der Waals surface area contributed by atoms with Gasteiger partial charge in [0.25, 0.3) is 0 Å². The Labute approximate surface area is 81.5 Å². The number of carbonyl (C=O) groups excluding carboxylic acids is 1. The number of cyclic esters (lactones) is 1. The Bertz CT molecular complexity index is 329. The summed E-state index contributed by atoms with van der Waals surface area (Å²) in [5.74, 6) is -0.928. The highest BCUT2D eigenvalue weighted by Gasteiger charge is 2.41. The normalized spacial score (nSPS) is 36.7. The van der Waals surface area contributed by atoms with Crippen molar-refractivity contribution < 1.29 is 19.7 Å². The van der Waals surface area contributed by atoms with E-state index in [4.69, 9.17) is 4.74 Å². The van der Waals surface area contributed by atoms with E-state index in [1.165, 1.54) is 6.08 Å². The Morgan fingerprint density at radius 2 is 2.29 bits per heavy atom. The van der Waals surface area contributed by atoms with Crippen molar-refractivity contribution in [3.63, 3.8) is 0 Å². The molecule has 0 aromatic heterocycles. The maximum Gasteiger partial charge on any atom is 0.338 e. The van der Waals surface area contributed by atoms with Crippen LogP contribution < -0.4 is 0 Å². The third kappa shape index (κ3) is 1.23. The third-order valence-corrected chi connectivity index (χ3v) is 2.72. The summed E-state index contributed by atoms with van der Waals surface area (Å²) < 4.78 is 4.90. The molecule has 76 valence electrons. The number of esters is 1. The summed E-state index contributed by atoms with van der Waals surface area (Å²) in [7, 11) is 0. The number of aliphatic hydroxyl groups excluding tert-OH is 2. The second kappa shape index (κ2) is 3.13. The van der Waals surface area contributed by atoms with E-state index in [0.29, 0.717) is 6.42 Å². The van der Waals surface area contributed by atoms with Crippen molar-refractivity contribution in [1.82, 2.24) is 0 Å². The highest BCUT2D eigenvalue weighted by atomic mass is 16.6. The van der Waals surface area contributed by atoms with Gasteiger partial charge in [0.2, 0.25) is 0 Å². The van der Waals surface area contributed by atoms with Crippen LogP contribution in [-0.2, 0) is 9.53 Å². The zero-order chi connectivity index (χ0) is 10.3. The van der Waals surface area contributed by atoms with Crippen LogP contribution in [0.15, 0.2) is 23.5 Å². The van der Waals surface area contributed by atoms with Gasteiger partial charge in [-0.05, 0) is 19.4 Å². The standard InChI is InChI=1S/C10H12O4/c1-5-9(12)6-3-2-4-7(11)8(6)10(13)14-5/h2,4-6,9,11-12H,3H2,1H3/t5-,6-,9-/m1/s1. The largest absolute Gasteiger partial charge is 0.507 e. The molecule has 0 saturated carbocycles. The topological polar surface area (TPSA) is 66.8 Å². The fourth-order valence-electron chi connectivity index (χ4n) is 1.92. The summed E-state index contributed by atoms with van der Waals surface area (Å²) in [5, 5.41) is 19.2. The van der Waals surface area contributed by atoms with Crippen LogP contribution in [0.3, 0.4) is 0 Å². The minimum absolute atomic E-state index is 0.0859. The Balaban J connectivity index is 2.40. The van der Waals surface area contributed by atoms with Gasteiger partial charge in [0.15, 0.2) is 0 Å². The number of fused-ring (bicyclic) bond motifs is 1. The second-order valence-corrected chi connectivity index (χ2v) is 3.64. The van der Waals surface area contributed by atoms with Gasteiger partial charge in [0.05, 0.1) is 11.7 Å². The van der Waals surface area contributed by atoms with Crippen molar-refractivity contribution in [2.24, 2.45) is 5.92 Å². The maximum atomic E-state index is 11.4. The van der Waals surface area contributed by atoms with Gasteiger partial charge in [-0.1, -0.05) is 6.08 Å². The van der Waals surface area contributed by atoms with E-state index in [1.54, 1.807) is 13.0 Å². The van der Waals surface area contributed by atoms with Crippen molar-refractivity contribution in [2.75, 3.05) is 0 Å². The lowest BCUT2D eigenvalue weighted by molar-refractivity contribution is -0.159. The maximum absolute atomic E-state index is 11.4. The summed E-state index contributed by atoms with van der Waals surface area (Å²) in [6.07, 6.45) is 2.55. The van der Waals surface area contributed by atoms with Gasteiger partial charge < -0.3 is 14.9 Å². The van der Waals surface area contributed by atoms with Gasteiger partial charge in [-0.3, -0.25) is 0 Å². The lowest BCUT2D eigenvalue weighted by atomic mass is 9.82. The number of allylic oxidation sites excluding steroid dienone is 2. The predicted molar refractivity (Wildman–Crippen MR) is 48.5 cm³/mol. The van der Waals surface area contributed by atoms with Crippen molar-refractivity contribution in [1.29, 1.82) is 0 Å². The van der Waals surface area contributed by atoms with Crippen molar-refractivity contribution in [2.45, 2.75) is 25.6 Å². The van der Waals surface area contributed by atoms with Gasteiger partial charge in [0, 0.05) is 5.92 Å². The highest BCUT2D eigenvalue weighted by Crippen LogP contribution is 2.34. The van der Waals surface area contributed by atoms with Gasteiger partial charge in [-0.15, -0.1) is 0 Å². The molecule has 3 atom stereocenters. The van der Waals surface area contributed by atoms with E-state index in [-0.39, 0.29) is 17.3 Å². The molecule has 0 amide bonds. The van der Waals surface area contributed by atoms with E-state index < -0.39 is 18.2 Å². The molecular weight excluding hydrogens is 184 g/mol.